The molecular formula is C24H23ClN2O. The maximum Gasteiger partial charge on any atom is 0.248 e. The van der Waals surface area contributed by atoms with Crippen LogP contribution in [0.1, 0.15) is 16.7 Å². The fourth-order valence-electron chi connectivity index (χ4n) is 2.89. The predicted molar refractivity (Wildman–Crippen MR) is 117 cm³/mol. The first-order valence-electron chi connectivity index (χ1n) is 9.14. The van der Waals surface area contributed by atoms with E-state index in [1.807, 2.05) is 42.5 Å². The maximum absolute atomic E-state index is 12.1. The fourth-order valence-corrected chi connectivity index (χ4v) is 3.01. The zero-order valence-electron chi connectivity index (χ0n) is 15.8. The second-order valence-corrected chi connectivity index (χ2v) is 7.17. The topological polar surface area (TPSA) is 32.3 Å². The van der Waals surface area contributed by atoms with Gasteiger partial charge < -0.3 is 5.32 Å². The van der Waals surface area contributed by atoms with Crippen molar-refractivity contribution in [2.24, 2.45) is 0 Å². The minimum atomic E-state index is -0.163. The highest BCUT2D eigenvalue weighted by Gasteiger charge is 2.03. The summed E-state index contributed by atoms with van der Waals surface area (Å²) < 4.78 is 0. The van der Waals surface area contributed by atoms with Crippen LogP contribution < -0.4 is 5.32 Å². The molecule has 3 aromatic rings. The van der Waals surface area contributed by atoms with E-state index in [9.17, 15) is 4.79 Å². The molecule has 0 saturated carbocycles. The van der Waals surface area contributed by atoms with Gasteiger partial charge in [0.15, 0.2) is 0 Å². The van der Waals surface area contributed by atoms with Crippen molar-refractivity contribution in [1.29, 1.82) is 0 Å². The van der Waals surface area contributed by atoms with Gasteiger partial charge in [0.2, 0.25) is 5.91 Å². The predicted octanol–water partition coefficient (Wildman–Crippen LogP) is 5.62. The van der Waals surface area contributed by atoms with Crippen molar-refractivity contribution in [3.05, 3.63) is 107 Å². The third-order valence-corrected chi connectivity index (χ3v) is 4.52. The smallest absolute Gasteiger partial charge is 0.248 e. The van der Waals surface area contributed by atoms with Crippen LogP contribution in [0.3, 0.4) is 0 Å². The van der Waals surface area contributed by atoms with Gasteiger partial charge in [0.25, 0.3) is 0 Å². The quantitative estimate of drug-likeness (QED) is 0.530. The Morgan fingerprint density at radius 1 is 0.893 bits per heavy atom. The van der Waals surface area contributed by atoms with E-state index in [1.54, 1.807) is 18.2 Å². The lowest BCUT2D eigenvalue weighted by atomic mass is 10.1. The molecule has 0 radical (unpaired) electrons. The molecule has 28 heavy (non-hydrogen) atoms. The number of benzene rings is 3. The molecule has 0 bridgehead atoms. The minimum absolute atomic E-state index is 0.163. The highest BCUT2D eigenvalue weighted by molar-refractivity contribution is 6.30. The maximum atomic E-state index is 12.1. The summed E-state index contributed by atoms with van der Waals surface area (Å²) in [7, 11) is 2.10. The van der Waals surface area contributed by atoms with Gasteiger partial charge in [-0.2, -0.15) is 0 Å². The number of nitrogens with zero attached hydrogens (tertiary/aromatic N) is 1. The summed E-state index contributed by atoms with van der Waals surface area (Å²) in [5, 5.41) is 3.56. The van der Waals surface area contributed by atoms with Gasteiger partial charge in [-0.25, -0.2) is 0 Å². The Labute approximate surface area is 171 Å². The molecule has 0 aliphatic carbocycles. The van der Waals surface area contributed by atoms with E-state index in [1.165, 1.54) is 17.2 Å². The van der Waals surface area contributed by atoms with Crippen molar-refractivity contribution in [2.45, 2.75) is 13.1 Å². The van der Waals surface area contributed by atoms with Gasteiger partial charge in [0, 0.05) is 29.9 Å². The van der Waals surface area contributed by atoms with Gasteiger partial charge in [-0.15, -0.1) is 0 Å². The second-order valence-electron chi connectivity index (χ2n) is 6.73. The SMILES string of the molecule is CN(Cc1ccccc1)Cc1ccc(NC(=O)/C=C/c2ccc(Cl)cc2)cc1. The van der Waals surface area contributed by atoms with E-state index >= 15 is 0 Å². The molecule has 4 heteroatoms. The summed E-state index contributed by atoms with van der Waals surface area (Å²) in [6, 6.07) is 25.7. The van der Waals surface area contributed by atoms with Crippen LogP contribution in [0.2, 0.25) is 5.02 Å². The van der Waals surface area contributed by atoms with Gasteiger partial charge in [-0.05, 0) is 54.1 Å². The Morgan fingerprint density at radius 3 is 2.14 bits per heavy atom. The van der Waals surface area contributed by atoms with E-state index in [0.29, 0.717) is 5.02 Å². The number of halogens is 1. The van der Waals surface area contributed by atoms with Crippen molar-refractivity contribution in [1.82, 2.24) is 4.90 Å². The highest BCUT2D eigenvalue weighted by atomic mass is 35.5. The zero-order chi connectivity index (χ0) is 19.8. The summed E-state index contributed by atoms with van der Waals surface area (Å²) in [6.07, 6.45) is 3.28. The normalized spacial score (nSPS) is 11.1. The number of carbonyl (C=O) groups is 1. The van der Waals surface area contributed by atoms with Crippen LogP contribution in [0.4, 0.5) is 5.69 Å². The van der Waals surface area contributed by atoms with Crippen LogP contribution in [0.5, 0.6) is 0 Å². The largest absolute Gasteiger partial charge is 0.323 e. The van der Waals surface area contributed by atoms with Gasteiger partial charge in [0.05, 0.1) is 0 Å². The Kier molecular flexibility index (Phi) is 7.01. The molecule has 3 nitrogen and oxygen atoms in total. The number of hydrogen-bond acceptors (Lipinski definition) is 2. The van der Waals surface area contributed by atoms with Crippen molar-refractivity contribution in [3.8, 4) is 0 Å². The number of nitrogens with one attached hydrogen (secondary N) is 1. The monoisotopic (exact) mass is 390 g/mol. The lowest BCUT2D eigenvalue weighted by molar-refractivity contribution is -0.111. The molecule has 0 atom stereocenters. The molecule has 0 saturated heterocycles. The Morgan fingerprint density at radius 2 is 1.50 bits per heavy atom. The standard InChI is InChI=1S/C24H23ClN2O/c1-27(17-20-5-3-2-4-6-20)18-21-9-14-23(15-10-21)26-24(28)16-11-19-7-12-22(25)13-8-19/h2-16H,17-18H2,1H3,(H,26,28)/b16-11+. The van der Waals surface area contributed by atoms with E-state index in [4.69, 9.17) is 11.6 Å². The number of carbonyl (C=O) groups excluding carboxylic acids is 1. The summed E-state index contributed by atoms with van der Waals surface area (Å²) in [4.78, 5) is 14.3. The molecule has 0 fully saturated rings. The first-order valence-corrected chi connectivity index (χ1v) is 9.52. The third-order valence-electron chi connectivity index (χ3n) is 4.27. The fraction of sp³-hybridized carbons (Fsp3) is 0.125. The van der Waals surface area contributed by atoms with E-state index in [-0.39, 0.29) is 5.91 Å². The average Bonchev–Trinajstić information content (AvgIpc) is 2.70. The number of amides is 1. The minimum Gasteiger partial charge on any atom is -0.323 e. The molecule has 1 N–H and O–H groups in total. The van der Waals surface area contributed by atoms with E-state index in [0.717, 1.165) is 24.3 Å². The Hall–Kier alpha value is -2.88. The molecule has 0 aliphatic heterocycles. The Bertz CT molecular complexity index is 919. The second kappa shape index (κ2) is 9.88. The van der Waals surface area contributed by atoms with Gasteiger partial charge in [-0.1, -0.05) is 66.2 Å². The van der Waals surface area contributed by atoms with Gasteiger partial charge in [0.1, 0.15) is 0 Å². The molecule has 0 aliphatic rings. The number of anilines is 1. The average molecular weight is 391 g/mol. The van der Waals surface area contributed by atoms with Gasteiger partial charge in [-0.3, -0.25) is 9.69 Å². The van der Waals surface area contributed by atoms with Crippen LogP contribution in [0, 0.1) is 0 Å². The van der Waals surface area contributed by atoms with Gasteiger partial charge >= 0.3 is 0 Å². The third kappa shape index (κ3) is 6.38. The molecule has 0 aromatic heterocycles. The molecule has 3 aromatic carbocycles. The summed E-state index contributed by atoms with van der Waals surface area (Å²) in [6.45, 7) is 1.74. The molecule has 1 amide bonds. The van der Waals surface area contributed by atoms with Crippen LogP contribution >= 0.6 is 11.6 Å². The lowest BCUT2D eigenvalue weighted by Crippen LogP contribution is -2.17. The zero-order valence-corrected chi connectivity index (χ0v) is 16.6. The number of hydrogen-bond donors (Lipinski definition) is 1. The molecule has 0 heterocycles. The first-order chi connectivity index (χ1) is 13.6. The summed E-state index contributed by atoms with van der Waals surface area (Å²) >= 11 is 5.86. The van der Waals surface area contributed by atoms with Crippen LogP contribution in [-0.2, 0) is 17.9 Å². The molecular weight excluding hydrogens is 368 g/mol. The first kappa shape index (κ1) is 19.9. The Balaban J connectivity index is 1.50. The van der Waals surface area contributed by atoms with Crippen LogP contribution in [0.25, 0.3) is 6.08 Å². The van der Waals surface area contributed by atoms with Crippen LogP contribution in [-0.4, -0.2) is 17.9 Å². The molecule has 0 unspecified atom stereocenters. The highest BCUT2D eigenvalue weighted by Crippen LogP contribution is 2.14. The lowest BCUT2D eigenvalue weighted by Gasteiger charge is -2.17. The molecule has 3 rings (SSSR count). The number of rotatable bonds is 7. The van der Waals surface area contributed by atoms with E-state index in [2.05, 4.69) is 41.5 Å². The van der Waals surface area contributed by atoms with E-state index < -0.39 is 0 Å². The van der Waals surface area contributed by atoms with Crippen molar-refractivity contribution in [3.63, 3.8) is 0 Å². The molecule has 0 spiro atoms. The molecule has 142 valence electrons. The van der Waals surface area contributed by atoms with Crippen molar-refractivity contribution >= 4 is 29.3 Å². The van der Waals surface area contributed by atoms with Crippen molar-refractivity contribution in [2.75, 3.05) is 12.4 Å². The summed E-state index contributed by atoms with van der Waals surface area (Å²) in [5.41, 5.74) is 4.20. The van der Waals surface area contributed by atoms with Crippen molar-refractivity contribution < 1.29 is 4.79 Å². The van der Waals surface area contributed by atoms with Crippen LogP contribution in [0.15, 0.2) is 84.9 Å². The summed E-state index contributed by atoms with van der Waals surface area (Å²) in [5.74, 6) is -0.163.